The third-order valence-corrected chi connectivity index (χ3v) is 6.81. The molecule has 2 aromatic heterocycles. The number of thiophene rings is 1. The first-order chi connectivity index (χ1) is 15.1. The van der Waals surface area contributed by atoms with Crippen molar-refractivity contribution in [2.75, 3.05) is 19.6 Å². The molecule has 31 heavy (non-hydrogen) atoms. The molecule has 0 radical (unpaired) electrons. The molecule has 1 aliphatic rings. The second-order valence-electron chi connectivity index (χ2n) is 8.05. The van der Waals surface area contributed by atoms with E-state index < -0.39 is 5.41 Å². The zero-order valence-corrected chi connectivity index (χ0v) is 18.5. The van der Waals surface area contributed by atoms with Gasteiger partial charge in [0.1, 0.15) is 0 Å². The first kappa shape index (κ1) is 21.2. The molecule has 1 aromatic carbocycles. The predicted octanol–water partition coefficient (Wildman–Crippen LogP) is 3.95. The lowest BCUT2D eigenvalue weighted by Crippen LogP contribution is -2.45. The van der Waals surface area contributed by atoms with Crippen LogP contribution < -0.4 is 5.32 Å². The van der Waals surface area contributed by atoms with E-state index in [-0.39, 0.29) is 18.2 Å². The summed E-state index contributed by atoms with van der Waals surface area (Å²) >= 11 is 1.72. The van der Waals surface area contributed by atoms with Gasteiger partial charge in [-0.15, -0.1) is 11.3 Å². The van der Waals surface area contributed by atoms with E-state index in [1.165, 1.54) is 10.4 Å². The van der Waals surface area contributed by atoms with Crippen LogP contribution in [-0.2, 0) is 22.4 Å². The summed E-state index contributed by atoms with van der Waals surface area (Å²) in [4.78, 5) is 33.3. The van der Waals surface area contributed by atoms with Gasteiger partial charge in [-0.25, -0.2) is 0 Å². The predicted molar refractivity (Wildman–Crippen MR) is 124 cm³/mol. The number of benzene rings is 1. The molecule has 3 heterocycles. The Balaban J connectivity index is 1.50. The van der Waals surface area contributed by atoms with Crippen molar-refractivity contribution in [2.45, 2.75) is 26.2 Å². The summed E-state index contributed by atoms with van der Waals surface area (Å²) in [5.41, 5.74) is 2.46. The molecule has 0 spiro atoms. The quantitative estimate of drug-likeness (QED) is 0.614. The van der Waals surface area contributed by atoms with Gasteiger partial charge >= 0.3 is 0 Å². The number of nitrogens with zero attached hydrogens (tertiary/aromatic N) is 2. The Morgan fingerprint density at radius 2 is 1.97 bits per heavy atom. The summed E-state index contributed by atoms with van der Waals surface area (Å²) in [6, 6.07) is 18.2. The second-order valence-corrected chi connectivity index (χ2v) is 9.00. The number of nitrogens with one attached hydrogen (secondary N) is 1. The van der Waals surface area contributed by atoms with Crippen molar-refractivity contribution in [3.05, 3.63) is 77.4 Å². The Hall–Kier alpha value is -2.99. The number of amides is 2. The van der Waals surface area contributed by atoms with Crippen molar-refractivity contribution in [3.63, 3.8) is 0 Å². The van der Waals surface area contributed by atoms with Crippen molar-refractivity contribution in [2.24, 2.45) is 5.41 Å². The minimum Gasteiger partial charge on any atom is -0.356 e. The molecule has 0 aliphatic carbocycles. The smallest absolute Gasteiger partial charge is 0.228 e. The molecule has 2 amide bonds. The van der Waals surface area contributed by atoms with Gasteiger partial charge in [-0.05, 0) is 54.5 Å². The van der Waals surface area contributed by atoms with Gasteiger partial charge in [0.2, 0.25) is 11.8 Å². The summed E-state index contributed by atoms with van der Waals surface area (Å²) in [7, 11) is 0. The molecule has 1 N–H and O–H groups in total. The molecule has 1 atom stereocenters. The van der Waals surface area contributed by atoms with Crippen LogP contribution in [0.1, 0.15) is 24.6 Å². The molecule has 160 valence electrons. The van der Waals surface area contributed by atoms with Crippen molar-refractivity contribution >= 4 is 23.2 Å². The lowest BCUT2D eigenvalue weighted by molar-refractivity contribution is -0.132. The first-order valence-corrected chi connectivity index (χ1v) is 11.6. The van der Waals surface area contributed by atoms with Crippen LogP contribution >= 0.6 is 11.3 Å². The van der Waals surface area contributed by atoms with Gasteiger partial charge in [-0.2, -0.15) is 0 Å². The van der Waals surface area contributed by atoms with Crippen LogP contribution in [0.3, 0.4) is 0 Å². The standard InChI is InChI=1S/C25H27N3O2S/c1-2-26-24(30)25(17-19-8-10-20(11-9-19)22-7-5-15-31-22)12-14-28(18-25)23(29)16-21-6-3-4-13-27-21/h3-11,13,15H,2,12,14,16-18H2,1H3,(H,26,30)/t25-/m0/s1. The highest BCUT2D eigenvalue weighted by Gasteiger charge is 2.45. The van der Waals surface area contributed by atoms with Crippen LogP contribution in [0.2, 0.25) is 0 Å². The van der Waals surface area contributed by atoms with E-state index in [1.54, 1.807) is 17.5 Å². The van der Waals surface area contributed by atoms with E-state index in [0.29, 0.717) is 32.5 Å². The number of carbonyl (C=O) groups excluding carboxylic acids is 2. The summed E-state index contributed by atoms with van der Waals surface area (Å²) in [6.45, 7) is 3.55. The van der Waals surface area contributed by atoms with Crippen LogP contribution in [0.5, 0.6) is 0 Å². The maximum absolute atomic E-state index is 13.1. The maximum Gasteiger partial charge on any atom is 0.228 e. The Labute approximate surface area is 187 Å². The Bertz CT molecular complexity index is 1020. The monoisotopic (exact) mass is 433 g/mol. The molecule has 5 nitrogen and oxygen atoms in total. The fraction of sp³-hybridized carbons (Fsp3) is 0.320. The second kappa shape index (κ2) is 9.43. The zero-order chi connectivity index (χ0) is 21.7. The molecule has 1 saturated heterocycles. The fourth-order valence-electron chi connectivity index (χ4n) is 4.23. The highest BCUT2D eigenvalue weighted by atomic mass is 32.1. The SMILES string of the molecule is CCNC(=O)[C@]1(Cc2ccc(-c3cccs3)cc2)CCN(C(=O)Cc2ccccn2)C1. The Morgan fingerprint density at radius 1 is 1.13 bits per heavy atom. The van der Waals surface area contributed by atoms with Gasteiger partial charge in [-0.3, -0.25) is 14.6 Å². The maximum atomic E-state index is 13.1. The number of hydrogen-bond acceptors (Lipinski definition) is 4. The number of hydrogen-bond donors (Lipinski definition) is 1. The van der Waals surface area contributed by atoms with Gasteiger partial charge in [0, 0.05) is 36.4 Å². The van der Waals surface area contributed by atoms with E-state index in [2.05, 4.69) is 46.0 Å². The third-order valence-electron chi connectivity index (χ3n) is 5.89. The van der Waals surface area contributed by atoms with E-state index in [9.17, 15) is 9.59 Å². The molecule has 1 aliphatic heterocycles. The van der Waals surface area contributed by atoms with Crippen LogP contribution in [-0.4, -0.2) is 41.3 Å². The van der Waals surface area contributed by atoms with Crippen molar-refractivity contribution in [3.8, 4) is 10.4 Å². The van der Waals surface area contributed by atoms with Crippen LogP contribution in [0.4, 0.5) is 0 Å². The number of carbonyl (C=O) groups is 2. The topological polar surface area (TPSA) is 62.3 Å². The highest BCUT2D eigenvalue weighted by Crippen LogP contribution is 2.36. The minimum atomic E-state index is -0.597. The van der Waals surface area contributed by atoms with E-state index >= 15 is 0 Å². The van der Waals surface area contributed by atoms with Gasteiger partial charge < -0.3 is 10.2 Å². The molecule has 0 bridgehead atoms. The summed E-state index contributed by atoms with van der Waals surface area (Å²) in [5.74, 6) is 0.0587. The summed E-state index contributed by atoms with van der Waals surface area (Å²) in [6.07, 6.45) is 3.25. The lowest BCUT2D eigenvalue weighted by atomic mass is 9.79. The van der Waals surface area contributed by atoms with Crippen molar-refractivity contribution in [1.82, 2.24) is 15.2 Å². The van der Waals surface area contributed by atoms with Gasteiger partial charge in [-0.1, -0.05) is 36.4 Å². The molecule has 6 heteroatoms. The molecule has 0 unspecified atom stereocenters. The van der Waals surface area contributed by atoms with Gasteiger partial charge in [0.05, 0.1) is 11.8 Å². The van der Waals surface area contributed by atoms with Crippen molar-refractivity contribution in [1.29, 1.82) is 0 Å². The average molecular weight is 434 g/mol. The zero-order valence-electron chi connectivity index (χ0n) is 17.7. The highest BCUT2D eigenvalue weighted by molar-refractivity contribution is 7.13. The molecular formula is C25H27N3O2S. The first-order valence-electron chi connectivity index (χ1n) is 10.7. The molecule has 4 rings (SSSR count). The van der Waals surface area contributed by atoms with Crippen LogP contribution in [0.15, 0.2) is 66.2 Å². The Kier molecular flexibility index (Phi) is 6.47. The molecular weight excluding hydrogens is 406 g/mol. The lowest BCUT2D eigenvalue weighted by Gasteiger charge is -2.28. The van der Waals surface area contributed by atoms with Crippen LogP contribution in [0.25, 0.3) is 10.4 Å². The number of aromatic nitrogens is 1. The van der Waals surface area contributed by atoms with E-state index in [1.807, 2.05) is 36.1 Å². The van der Waals surface area contributed by atoms with Crippen LogP contribution in [0, 0.1) is 5.41 Å². The Morgan fingerprint density at radius 3 is 2.65 bits per heavy atom. The number of likely N-dealkylation sites (tertiary alicyclic amines) is 1. The molecule has 3 aromatic rings. The minimum absolute atomic E-state index is 0.0258. The number of pyridine rings is 1. The largest absolute Gasteiger partial charge is 0.356 e. The summed E-state index contributed by atoms with van der Waals surface area (Å²) in [5, 5.41) is 5.08. The molecule has 1 fully saturated rings. The van der Waals surface area contributed by atoms with E-state index in [0.717, 1.165) is 11.3 Å². The number of rotatable bonds is 7. The normalized spacial score (nSPS) is 18.2. The summed E-state index contributed by atoms with van der Waals surface area (Å²) < 4.78 is 0. The molecule has 0 saturated carbocycles. The van der Waals surface area contributed by atoms with Gasteiger partial charge in [0.25, 0.3) is 0 Å². The fourth-order valence-corrected chi connectivity index (χ4v) is 4.97. The van der Waals surface area contributed by atoms with Crippen molar-refractivity contribution < 1.29 is 9.59 Å². The average Bonchev–Trinajstić information content (AvgIpc) is 3.47. The van der Waals surface area contributed by atoms with E-state index in [4.69, 9.17) is 0 Å². The van der Waals surface area contributed by atoms with Gasteiger partial charge in [0.15, 0.2) is 0 Å². The third kappa shape index (κ3) is 4.85.